The summed E-state index contributed by atoms with van der Waals surface area (Å²) in [5.74, 6) is 0.0782. The van der Waals surface area contributed by atoms with Gasteiger partial charge >= 0.3 is 5.97 Å². The van der Waals surface area contributed by atoms with Crippen LogP contribution in [0.3, 0.4) is 0 Å². The topological polar surface area (TPSA) is 78.7 Å². The molecule has 2 aromatic rings. The van der Waals surface area contributed by atoms with Gasteiger partial charge in [-0.1, -0.05) is 0 Å². The van der Waals surface area contributed by atoms with E-state index in [1.165, 1.54) is 25.5 Å². The van der Waals surface area contributed by atoms with Gasteiger partial charge in [-0.25, -0.2) is 4.79 Å². The quantitative estimate of drug-likeness (QED) is 0.203. The van der Waals surface area contributed by atoms with Crippen molar-refractivity contribution in [3.63, 3.8) is 0 Å². The molecule has 0 aliphatic rings. The van der Waals surface area contributed by atoms with Crippen molar-refractivity contribution >= 4 is 24.2 Å². The molecule has 6 heteroatoms. The average Bonchev–Trinajstić information content (AvgIpc) is 2.61. The van der Waals surface area contributed by atoms with Crippen LogP contribution in [0, 0.1) is 5.21 Å². The van der Waals surface area contributed by atoms with E-state index in [2.05, 4.69) is 0 Å². The smallest absolute Gasteiger partial charge is 0.338 e. The maximum atomic E-state index is 12.3. The Kier molecular flexibility index (Phi) is 5.68. The predicted octanol–water partition coefficient (Wildman–Crippen LogP) is 2.95. The Labute approximate surface area is 139 Å². The van der Waals surface area contributed by atoms with E-state index in [4.69, 9.17) is 9.47 Å². The molecule has 0 heterocycles. The van der Waals surface area contributed by atoms with Crippen LogP contribution in [-0.4, -0.2) is 36.9 Å². The van der Waals surface area contributed by atoms with Gasteiger partial charge in [-0.05, 0) is 43.3 Å². The number of hydrogen-bond donors (Lipinski definition) is 0. The van der Waals surface area contributed by atoms with Crippen molar-refractivity contribution in [1.82, 2.24) is 0 Å². The van der Waals surface area contributed by atoms with Gasteiger partial charge in [-0.3, -0.25) is 4.79 Å². The van der Waals surface area contributed by atoms with Crippen LogP contribution >= 0.6 is 0 Å². The number of carbonyl (C=O) groups excluding carboxylic acids is 2. The SMILES string of the molecule is CCOC(=O)c1ccc(C=[N+]([O-])c2ccc(OC)cc2C=O)cc1. The van der Waals surface area contributed by atoms with Gasteiger partial charge in [0.2, 0.25) is 5.69 Å². The van der Waals surface area contributed by atoms with Gasteiger partial charge < -0.3 is 14.7 Å². The monoisotopic (exact) mass is 327 g/mol. The molecule has 0 saturated carbocycles. The van der Waals surface area contributed by atoms with Crippen molar-refractivity contribution in [2.45, 2.75) is 6.92 Å². The van der Waals surface area contributed by atoms with E-state index in [0.29, 0.717) is 34.5 Å². The molecule has 0 fully saturated rings. The third kappa shape index (κ3) is 3.98. The molecule has 0 aromatic heterocycles. The zero-order chi connectivity index (χ0) is 17.5. The number of benzene rings is 2. The normalized spacial score (nSPS) is 11.0. The second kappa shape index (κ2) is 7.92. The van der Waals surface area contributed by atoms with Crippen LogP contribution in [0.5, 0.6) is 5.75 Å². The van der Waals surface area contributed by atoms with Crippen LogP contribution in [0.4, 0.5) is 5.69 Å². The lowest BCUT2D eigenvalue weighted by Gasteiger charge is -2.07. The van der Waals surface area contributed by atoms with Gasteiger partial charge in [0.1, 0.15) is 5.75 Å². The third-order valence-corrected chi connectivity index (χ3v) is 3.29. The molecule has 6 nitrogen and oxygen atoms in total. The summed E-state index contributed by atoms with van der Waals surface area (Å²) in [6, 6.07) is 11.0. The average molecular weight is 327 g/mol. The minimum Gasteiger partial charge on any atom is -0.618 e. The highest BCUT2D eigenvalue weighted by molar-refractivity contribution is 5.90. The van der Waals surface area contributed by atoms with Crippen molar-refractivity contribution in [1.29, 1.82) is 0 Å². The van der Waals surface area contributed by atoms with Gasteiger partial charge in [0.25, 0.3) is 0 Å². The van der Waals surface area contributed by atoms with Crippen LogP contribution in [-0.2, 0) is 4.74 Å². The van der Waals surface area contributed by atoms with E-state index in [0.717, 1.165) is 0 Å². The Morgan fingerprint density at radius 2 is 1.92 bits per heavy atom. The van der Waals surface area contributed by atoms with Gasteiger partial charge in [0.15, 0.2) is 12.5 Å². The molecule has 0 radical (unpaired) electrons. The van der Waals surface area contributed by atoms with Crippen LogP contribution in [0.2, 0.25) is 0 Å². The van der Waals surface area contributed by atoms with E-state index < -0.39 is 5.97 Å². The number of aldehydes is 1. The maximum absolute atomic E-state index is 12.3. The van der Waals surface area contributed by atoms with Gasteiger partial charge in [0, 0.05) is 11.6 Å². The van der Waals surface area contributed by atoms with Crippen LogP contribution in [0.15, 0.2) is 42.5 Å². The lowest BCUT2D eigenvalue weighted by molar-refractivity contribution is -0.354. The first-order valence-electron chi connectivity index (χ1n) is 7.30. The second-order valence-corrected chi connectivity index (χ2v) is 4.84. The fourth-order valence-corrected chi connectivity index (χ4v) is 2.08. The zero-order valence-corrected chi connectivity index (χ0v) is 13.4. The fraction of sp³-hybridized carbons (Fsp3) is 0.167. The lowest BCUT2D eigenvalue weighted by atomic mass is 10.1. The summed E-state index contributed by atoms with van der Waals surface area (Å²) in [7, 11) is 1.48. The van der Waals surface area contributed by atoms with Crippen molar-refractivity contribution < 1.29 is 23.8 Å². The van der Waals surface area contributed by atoms with E-state index in [9.17, 15) is 14.8 Å². The second-order valence-electron chi connectivity index (χ2n) is 4.84. The van der Waals surface area contributed by atoms with Crippen molar-refractivity contribution in [3.05, 3.63) is 64.4 Å². The molecule has 0 bridgehead atoms. The summed E-state index contributed by atoms with van der Waals surface area (Å²) in [5.41, 5.74) is 1.43. The Bertz CT molecular complexity index is 765. The molecule has 0 atom stereocenters. The van der Waals surface area contributed by atoms with E-state index in [1.54, 1.807) is 37.3 Å². The van der Waals surface area contributed by atoms with Crippen LogP contribution < -0.4 is 4.74 Å². The number of nitrogens with zero attached hydrogens (tertiary/aromatic N) is 1. The number of carbonyl (C=O) groups is 2. The number of esters is 1. The Morgan fingerprint density at radius 1 is 1.21 bits per heavy atom. The Hall–Kier alpha value is -3.15. The molecule has 0 amide bonds. The zero-order valence-electron chi connectivity index (χ0n) is 13.4. The molecule has 2 rings (SSSR count). The first kappa shape index (κ1) is 17.2. The molecule has 24 heavy (non-hydrogen) atoms. The summed E-state index contributed by atoms with van der Waals surface area (Å²) in [6.45, 7) is 2.03. The highest BCUT2D eigenvalue weighted by Crippen LogP contribution is 2.22. The number of ether oxygens (including phenoxy) is 2. The summed E-state index contributed by atoms with van der Waals surface area (Å²) < 4.78 is 10.5. The van der Waals surface area contributed by atoms with Crippen LogP contribution in [0.25, 0.3) is 0 Å². The molecule has 124 valence electrons. The molecule has 2 aromatic carbocycles. The van der Waals surface area contributed by atoms with Crippen LogP contribution in [0.1, 0.15) is 33.2 Å². The molecule has 0 N–H and O–H groups in total. The third-order valence-electron chi connectivity index (χ3n) is 3.29. The molecule has 0 spiro atoms. The van der Waals surface area contributed by atoms with Gasteiger partial charge in [-0.15, -0.1) is 0 Å². The standard InChI is InChI=1S/C18H17NO5/c1-3-24-18(21)14-6-4-13(5-7-14)11-19(22)17-9-8-16(23-2)10-15(17)12-20/h4-12H,3H2,1-2H3. The summed E-state index contributed by atoms with van der Waals surface area (Å²) >= 11 is 0. The predicted molar refractivity (Wildman–Crippen MR) is 89.2 cm³/mol. The summed E-state index contributed by atoms with van der Waals surface area (Å²) in [6.07, 6.45) is 1.92. The highest BCUT2D eigenvalue weighted by Gasteiger charge is 2.12. The minimum absolute atomic E-state index is 0.209. The molecule has 0 unspecified atom stereocenters. The number of hydrogen-bond acceptors (Lipinski definition) is 5. The first-order chi connectivity index (χ1) is 11.6. The van der Waals surface area contributed by atoms with Crippen molar-refractivity contribution in [2.24, 2.45) is 0 Å². The molecular formula is C18H17NO5. The number of methoxy groups -OCH3 is 1. The first-order valence-corrected chi connectivity index (χ1v) is 7.30. The van der Waals surface area contributed by atoms with E-state index in [-0.39, 0.29) is 11.3 Å². The summed E-state index contributed by atoms with van der Waals surface area (Å²) in [4.78, 5) is 22.7. The number of rotatable bonds is 6. The lowest BCUT2D eigenvalue weighted by Crippen LogP contribution is -2.05. The Balaban J connectivity index is 2.28. The Morgan fingerprint density at radius 3 is 2.50 bits per heavy atom. The fourth-order valence-electron chi connectivity index (χ4n) is 2.08. The largest absolute Gasteiger partial charge is 0.618 e. The van der Waals surface area contributed by atoms with Crippen molar-refractivity contribution in [2.75, 3.05) is 13.7 Å². The molecule has 0 aliphatic heterocycles. The van der Waals surface area contributed by atoms with Gasteiger partial charge in [-0.2, -0.15) is 4.74 Å². The van der Waals surface area contributed by atoms with E-state index in [1.807, 2.05) is 0 Å². The highest BCUT2D eigenvalue weighted by atomic mass is 16.5. The molecule has 0 saturated heterocycles. The van der Waals surface area contributed by atoms with Crippen molar-refractivity contribution in [3.8, 4) is 5.75 Å². The van der Waals surface area contributed by atoms with E-state index >= 15 is 0 Å². The molecule has 0 aliphatic carbocycles. The summed E-state index contributed by atoms with van der Waals surface area (Å²) in [5, 5.41) is 12.3. The molecular weight excluding hydrogens is 310 g/mol. The van der Waals surface area contributed by atoms with Gasteiger partial charge in [0.05, 0.1) is 24.8 Å². The maximum Gasteiger partial charge on any atom is 0.338 e. The minimum atomic E-state index is -0.415.